The zero-order valence-electron chi connectivity index (χ0n) is 16.4. The standard InChI is InChI=1S/C18H40O5Si/c1-19-15-14-17-23-16-12-10-8-6-5-7-9-11-13-18-24(20-2,21-3)22-4/h5-18H2,1-4H3. The fraction of sp³-hybridized carbons (Fsp3) is 1.00. The summed E-state index contributed by atoms with van der Waals surface area (Å²) >= 11 is 0. The highest BCUT2D eigenvalue weighted by atomic mass is 28.4. The Labute approximate surface area is 150 Å². The van der Waals surface area contributed by atoms with E-state index in [9.17, 15) is 0 Å². The van der Waals surface area contributed by atoms with E-state index >= 15 is 0 Å². The molecule has 0 radical (unpaired) electrons. The first-order valence-corrected chi connectivity index (χ1v) is 11.4. The molecule has 0 saturated carbocycles. The molecule has 0 aliphatic carbocycles. The van der Waals surface area contributed by atoms with Gasteiger partial charge in [-0.15, -0.1) is 0 Å². The predicted molar refractivity (Wildman–Crippen MR) is 100 cm³/mol. The molecular weight excluding hydrogens is 324 g/mol. The molecule has 0 fully saturated rings. The number of ether oxygens (including phenoxy) is 2. The van der Waals surface area contributed by atoms with E-state index < -0.39 is 8.80 Å². The minimum atomic E-state index is -2.34. The Balaban J connectivity index is 3.23. The number of hydrogen-bond donors (Lipinski definition) is 0. The quantitative estimate of drug-likeness (QED) is 0.251. The van der Waals surface area contributed by atoms with E-state index in [1.807, 2.05) is 0 Å². The van der Waals surface area contributed by atoms with Crippen LogP contribution in [0.5, 0.6) is 0 Å². The monoisotopic (exact) mass is 364 g/mol. The molecule has 0 N–H and O–H groups in total. The second-order valence-electron chi connectivity index (χ2n) is 6.19. The van der Waals surface area contributed by atoms with Crippen molar-refractivity contribution in [2.45, 2.75) is 70.3 Å². The van der Waals surface area contributed by atoms with Crippen molar-refractivity contribution in [2.75, 3.05) is 48.3 Å². The van der Waals surface area contributed by atoms with Gasteiger partial charge in [0.05, 0.1) is 0 Å². The molecule has 0 heterocycles. The zero-order valence-corrected chi connectivity index (χ0v) is 17.4. The first-order chi connectivity index (χ1) is 11.7. The predicted octanol–water partition coefficient (Wildman–Crippen LogP) is 4.43. The summed E-state index contributed by atoms with van der Waals surface area (Å²) in [5, 5.41) is 0. The van der Waals surface area contributed by atoms with Crippen LogP contribution >= 0.6 is 0 Å². The number of rotatable bonds is 19. The lowest BCUT2D eigenvalue weighted by molar-refractivity contribution is 0.100. The van der Waals surface area contributed by atoms with Crippen LogP contribution in [0.15, 0.2) is 0 Å². The molecule has 0 amide bonds. The Morgan fingerprint density at radius 3 is 1.46 bits per heavy atom. The second kappa shape index (κ2) is 17.8. The fourth-order valence-corrected chi connectivity index (χ4v) is 4.54. The lowest BCUT2D eigenvalue weighted by Gasteiger charge is -2.24. The molecule has 0 saturated heterocycles. The molecule has 0 aromatic heterocycles. The molecule has 6 heteroatoms. The summed E-state index contributed by atoms with van der Waals surface area (Å²) in [6, 6.07) is 0.918. The molecule has 0 aromatic rings. The molecule has 0 rings (SSSR count). The van der Waals surface area contributed by atoms with E-state index in [1.165, 1.54) is 51.4 Å². The highest BCUT2D eigenvalue weighted by Gasteiger charge is 2.36. The van der Waals surface area contributed by atoms with Crippen molar-refractivity contribution in [2.24, 2.45) is 0 Å². The Hall–Kier alpha value is 0.0169. The van der Waals surface area contributed by atoms with Gasteiger partial charge in [0.2, 0.25) is 0 Å². The zero-order chi connectivity index (χ0) is 17.9. The van der Waals surface area contributed by atoms with Crippen molar-refractivity contribution in [1.82, 2.24) is 0 Å². The van der Waals surface area contributed by atoms with Crippen molar-refractivity contribution in [3.8, 4) is 0 Å². The third-order valence-electron chi connectivity index (χ3n) is 4.34. The average Bonchev–Trinajstić information content (AvgIpc) is 2.62. The molecule has 0 aromatic carbocycles. The number of hydrogen-bond acceptors (Lipinski definition) is 5. The second-order valence-corrected chi connectivity index (χ2v) is 9.28. The van der Waals surface area contributed by atoms with Gasteiger partial charge < -0.3 is 22.8 Å². The molecule has 5 nitrogen and oxygen atoms in total. The van der Waals surface area contributed by atoms with Gasteiger partial charge in [0.25, 0.3) is 0 Å². The fourth-order valence-electron chi connectivity index (χ4n) is 2.75. The van der Waals surface area contributed by atoms with Crippen LogP contribution in [0.25, 0.3) is 0 Å². The van der Waals surface area contributed by atoms with Crippen molar-refractivity contribution in [3.63, 3.8) is 0 Å². The van der Waals surface area contributed by atoms with Gasteiger partial charge in [-0.05, 0) is 19.3 Å². The van der Waals surface area contributed by atoms with E-state index in [2.05, 4.69) is 0 Å². The summed E-state index contributed by atoms with van der Waals surface area (Å²) in [5.41, 5.74) is 0. The molecule has 24 heavy (non-hydrogen) atoms. The summed E-state index contributed by atoms with van der Waals surface area (Å²) < 4.78 is 26.8. The molecule has 0 aliphatic rings. The molecule has 0 aliphatic heterocycles. The van der Waals surface area contributed by atoms with Gasteiger partial charge in [-0.2, -0.15) is 0 Å². The molecule has 0 atom stereocenters. The molecule has 0 bridgehead atoms. The van der Waals surface area contributed by atoms with Gasteiger partial charge in [-0.25, -0.2) is 0 Å². The largest absolute Gasteiger partial charge is 0.500 e. The van der Waals surface area contributed by atoms with Crippen LogP contribution in [0.1, 0.15) is 64.2 Å². The Bertz CT molecular complexity index is 241. The molecular formula is C18H40O5Si. The summed E-state index contributed by atoms with van der Waals surface area (Å²) in [6.07, 6.45) is 12.5. The average molecular weight is 365 g/mol. The first kappa shape index (κ1) is 24.0. The normalized spacial score (nSPS) is 12.0. The Morgan fingerprint density at radius 2 is 0.958 bits per heavy atom. The van der Waals surface area contributed by atoms with Gasteiger partial charge in [-0.1, -0.05) is 44.9 Å². The van der Waals surface area contributed by atoms with Gasteiger partial charge in [-0.3, -0.25) is 0 Å². The SMILES string of the molecule is COCCCOCCCCCCCCCCC[Si](OC)(OC)OC. The van der Waals surface area contributed by atoms with E-state index in [-0.39, 0.29) is 0 Å². The third kappa shape index (κ3) is 13.3. The minimum absolute atomic E-state index is 0.797. The van der Waals surface area contributed by atoms with Crippen LogP contribution in [-0.2, 0) is 22.8 Å². The van der Waals surface area contributed by atoms with Crippen molar-refractivity contribution in [3.05, 3.63) is 0 Å². The maximum Gasteiger partial charge on any atom is 0.500 e. The maximum absolute atomic E-state index is 5.56. The van der Waals surface area contributed by atoms with Gasteiger partial charge >= 0.3 is 8.80 Å². The van der Waals surface area contributed by atoms with Gasteiger partial charge in [0.15, 0.2) is 0 Å². The van der Waals surface area contributed by atoms with Crippen molar-refractivity contribution in [1.29, 1.82) is 0 Å². The van der Waals surface area contributed by atoms with Crippen LogP contribution in [0, 0.1) is 0 Å². The lowest BCUT2D eigenvalue weighted by atomic mass is 10.1. The molecule has 0 spiro atoms. The van der Waals surface area contributed by atoms with Crippen LogP contribution in [0.3, 0.4) is 0 Å². The highest BCUT2D eigenvalue weighted by Crippen LogP contribution is 2.18. The first-order valence-electron chi connectivity index (χ1n) is 9.46. The highest BCUT2D eigenvalue weighted by molar-refractivity contribution is 6.60. The topological polar surface area (TPSA) is 46.2 Å². The summed E-state index contributed by atoms with van der Waals surface area (Å²) in [5.74, 6) is 0. The molecule has 0 unspecified atom stereocenters. The van der Waals surface area contributed by atoms with E-state index in [4.69, 9.17) is 22.8 Å². The Morgan fingerprint density at radius 1 is 0.500 bits per heavy atom. The number of methoxy groups -OCH3 is 1. The Kier molecular flexibility index (Phi) is 17.8. The lowest BCUT2D eigenvalue weighted by Crippen LogP contribution is -2.42. The molecule has 146 valence electrons. The van der Waals surface area contributed by atoms with Crippen LogP contribution in [0.4, 0.5) is 0 Å². The van der Waals surface area contributed by atoms with Crippen molar-refractivity contribution < 1.29 is 22.8 Å². The smallest absolute Gasteiger partial charge is 0.385 e. The van der Waals surface area contributed by atoms with Crippen LogP contribution in [-0.4, -0.2) is 57.1 Å². The maximum atomic E-state index is 5.56. The van der Waals surface area contributed by atoms with Crippen LogP contribution < -0.4 is 0 Å². The third-order valence-corrected chi connectivity index (χ3v) is 7.17. The number of unbranched alkanes of at least 4 members (excludes halogenated alkanes) is 8. The summed E-state index contributed by atoms with van der Waals surface area (Å²) in [4.78, 5) is 0. The minimum Gasteiger partial charge on any atom is -0.385 e. The van der Waals surface area contributed by atoms with Gasteiger partial charge in [0, 0.05) is 54.3 Å². The summed E-state index contributed by atoms with van der Waals surface area (Å²) in [6.45, 7) is 2.52. The van der Waals surface area contributed by atoms with Gasteiger partial charge in [0.1, 0.15) is 0 Å². The van der Waals surface area contributed by atoms with Crippen molar-refractivity contribution >= 4 is 8.80 Å². The van der Waals surface area contributed by atoms with Crippen LogP contribution in [0.2, 0.25) is 6.04 Å². The van der Waals surface area contributed by atoms with E-state index in [1.54, 1.807) is 28.4 Å². The van der Waals surface area contributed by atoms with E-state index in [0.29, 0.717) is 0 Å². The van der Waals surface area contributed by atoms with E-state index in [0.717, 1.165) is 38.7 Å². The summed E-state index contributed by atoms with van der Waals surface area (Å²) in [7, 11) is 4.44.